The standard InChI is InChI=1S/C29H33ClFN3O5S/c1-20(2)17-32-29(36)21(3)33(18-22-10-8-9-13-25(22)31)28(35)19-34(26-16-23(30)14-15-27(26)39-4)40(37,38)24-11-6-5-7-12-24/h5-16,20-21H,17-19H2,1-4H3,(H,32,36)/t21-/m0/s1. The number of carbonyl (C=O) groups is 2. The summed E-state index contributed by atoms with van der Waals surface area (Å²) in [6, 6.07) is 16.9. The topological polar surface area (TPSA) is 96.0 Å². The molecule has 0 aromatic heterocycles. The zero-order valence-electron chi connectivity index (χ0n) is 22.8. The van der Waals surface area contributed by atoms with Crippen molar-refractivity contribution in [2.75, 3.05) is 24.5 Å². The van der Waals surface area contributed by atoms with Crippen LogP contribution in [0.3, 0.4) is 0 Å². The number of hydrogen-bond donors (Lipinski definition) is 1. The lowest BCUT2D eigenvalue weighted by Crippen LogP contribution is -2.51. The zero-order valence-corrected chi connectivity index (χ0v) is 24.4. The number of nitrogens with zero attached hydrogens (tertiary/aromatic N) is 2. The van der Waals surface area contributed by atoms with E-state index in [0.29, 0.717) is 6.54 Å². The van der Waals surface area contributed by atoms with Gasteiger partial charge in [0, 0.05) is 23.7 Å². The van der Waals surface area contributed by atoms with E-state index in [-0.39, 0.29) is 39.4 Å². The Bertz CT molecular complexity index is 1440. The van der Waals surface area contributed by atoms with E-state index in [2.05, 4.69) is 5.32 Å². The lowest BCUT2D eigenvalue weighted by Gasteiger charge is -2.32. The summed E-state index contributed by atoms with van der Waals surface area (Å²) < 4.78 is 48.7. The molecule has 1 N–H and O–H groups in total. The van der Waals surface area contributed by atoms with Gasteiger partial charge in [0.05, 0.1) is 17.7 Å². The summed E-state index contributed by atoms with van der Waals surface area (Å²) in [6.07, 6.45) is 0. The van der Waals surface area contributed by atoms with Crippen molar-refractivity contribution in [2.45, 2.75) is 38.3 Å². The van der Waals surface area contributed by atoms with Gasteiger partial charge >= 0.3 is 0 Å². The highest BCUT2D eigenvalue weighted by Crippen LogP contribution is 2.35. The van der Waals surface area contributed by atoms with Crippen LogP contribution < -0.4 is 14.4 Å². The third kappa shape index (κ3) is 7.51. The molecule has 0 aliphatic carbocycles. The van der Waals surface area contributed by atoms with Crippen molar-refractivity contribution >= 4 is 39.1 Å². The van der Waals surface area contributed by atoms with Crippen molar-refractivity contribution in [3.05, 3.63) is 89.2 Å². The van der Waals surface area contributed by atoms with E-state index in [1.54, 1.807) is 24.3 Å². The molecular weight excluding hydrogens is 557 g/mol. The molecule has 0 fully saturated rings. The maximum atomic E-state index is 14.6. The predicted octanol–water partition coefficient (Wildman–Crippen LogP) is 4.87. The Morgan fingerprint density at radius 3 is 2.27 bits per heavy atom. The molecule has 0 aliphatic rings. The second kappa shape index (κ2) is 13.6. The van der Waals surface area contributed by atoms with Gasteiger partial charge in [0.15, 0.2) is 0 Å². The van der Waals surface area contributed by atoms with E-state index in [9.17, 15) is 22.4 Å². The molecule has 11 heteroatoms. The molecular formula is C29H33ClFN3O5S. The average molecular weight is 590 g/mol. The fourth-order valence-corrected chi connectivity index (χ4v) is 5.54. The maximum Gasteiger partial charge on any atom is 0.264 e. The second-order valence-corrected chi connectivity index (χ2v) is 11.9. The monoisotopic (exact) mass is 589 g/mol. The van der Waals surface area contributed by atoms with E-state index in [4.69, 9.17) is 16.3 Å². The molecule has 1 atom stereocenters. The number of halogens is 2. The van der Waals surface area contributed by atoms with Crippen LogP contribution in [0.5, 0.6) is 5.75 Å². The van der Waals surface area contributed by atoms with Crippen LogP contribution in [0, 0.1) is 11.7 Å². The summed E-state index contributed by atoms with van der Waals surface area (Å²) in [7, 11) is -2.94. The molecule has 0 saturated heterocycles. The van der Waals surface area contributed by atoms with Crippen molar-refractivity contribution in [2.24, 2.45) is 5.92 Å². The summed E-state index contributed by atoms with van der Waals surface area (Å²) in [5, 5.41) is 3.01. The van der Waals surface area contributed by atoms with Crippen LogP contribution in [0.1, 0.15) is 26.3 Å². The molecule has 0 aliphatic heterocycles. The third-order valence-electron chi connectivity index (χ3n) is 6.17. The van der Waals surface area contributed by atoms with E-state index < -0.39 is 40.2 Å². The minimum Gasteiger partial charge on any atom is -0.495 e. The number of amides is 2. The van der Waals surface area contributed by atoms with Crippen LogP contribution in [0.15, 0.2) is 77.7 Å². The molecule has 2 amide bonds. The number of methoxy groups -OCH3 is 1. The van der Waals surface area contributed by atoms with Gasteiger partial charge in [-0.25, -0.2) is 12.8 Å². The molecule has 0 radical (unpaired) electrons. The third-order valence-corrected chi connectivity index (χ3v) is 8.18. The number of benzene rings is 3. The Balaban J connectivity index is 2.08. The highest BCUT2D eigenvalue weighted by molar-refractivity contribution is 7.92. The number of rotatable bonds is 12. The molecule has 40 heavy (non-hydrogen) atoms. The first-order valence-corrected chi connectivity index (χ1v) is 14.5. The fraction of sp³-hybridized carbons (Fsp3) is 0.310. The SMILES string of the molecule is COc1ccc(Cl)cc1N(CC(=O)N(Cc1ccccc1F)[C@@H](C)C(=O)NCC(C)C)S(=O)(=O)c1ccccc1. The van der Waals surface area contributed by atoms with Gasteiger partial charge in [0.2, 0.25) is 11.8 Å². The van der Waals surface area contributed by atoms with Gasteiger partial charge in [-0.2, -0.15) is 0 Å². The van der Waals surface area contributed by atoms with Crippen LogP contribution in [0.25, 0.3) is 0 Å². The lowest BCUT2D eigenvalue weighted by atomic mass is 10.1. The van der Waals surface area contributed by atoms with Crippen molar-refractivity contribution in [3.8, 4) is 5.75 Å². The van der Waals surface area contributed by atoms with Gasteiger partial charge in [0.1, 0.15) is 24.2 Å². The molecule has 0 saturated carbocycles. The van der Waals surface area contributed by atoms with Gasteiger partial charge in [-0.1, -0.05) is 61.8 Å². The van der Waals surface area contributed by atoms with E-state index in [1.165, 1.54) is 67.5 Å². The van der Waals surface area contributed by atoms with Crippen LogP contribution in [0.4, 0.5) is 10.1 Å². The Hall–Kier alpha value is -3.63. The Labute approximate surface area is 239 Å². The first kappa shape index (κ1) is 30.9. The van der Waals surface area contributed by atoms with Crippen LogP contribution >= 0.6 is 11.6 Å². The van der Waals surface area contributed by atoms with E-state index >= 15 is 0 Å². The van der Waals surface area contributed by atoms with Gasteiger partial charge < -0.3 is 15.0 Å². The zero-order chi connectivity index (χ0) is 29.4. The second-order valence-electron chi connectivity index (χ2n) is 9.57. The predicted molar refractivity (Wildman–Crippen MR) is 153 cm³/mol. The molecule has 3 aromatic carbocycles. The number of carbonyl (C=O) groups excluding carboxylic acids is 2. The molecule has 214 valence electrons. The van der Waals surface area contributed by atoms with Crippen LogP contribution in [0.2, 0.25) is 5.02 Å². The molecule has 0 heterocycles. The highest BCUT2D eigenvalue weighted by Gasteiger charge is 2.34. The smallest absolute Gasteiger partial charge is 0.264 e. The molecule has 0 spiro atoms. The fourth-order valence-electron chi connectivity index (χ4n) is 3.94. The summed E-state index contributed by atoms with van der Waals surface area (Å²) in [6.45, 7) is 4.79. The Morgan fingerprint density at radius 2 is 1.65 bits per heavy atom. The van der Waals surface area contributed by atoms with E-state index in [1.807, 2.05) is 13.8 Å². The van der Waals surface area contributed by atoms with Gasteiger partial charge in [-0.3, -0.25) is 13.9 Å². The molecule has 0 unspecified atom stereocenters. The number of hydrogen-bond acceptors (Lipinski definition) is 5. The van der Waals surface area contributed by atoms with Crippen molar-refractivity contribution in [3.63, 3.8) is 0 Å². The number of anilines is 1. The van der Waals surface area contributed by atoms with E-state index in [0.717, 1.165) is 4.31 Å². The summed E-state index contributed by atoms with van der Waals surface area (Å²) in [5.74, 6) is -1.40. The maximum absolute atomic E-state index is 14.6. The number of sulfonamides is 1. The van der Waals surface area contributed by atoms with Crippen LogP contribution in [-0.2, 0) is 26.2 Å². The highest BCUT2D eigenvalue weighted by atomic mass is 35.5. The van der Waals surface area contributed by atoms with Crippen molar-refractivity contribution in [1.29, 1.82) is 0 Å². The quantitative estimate of drug-likeness (QED) is 0.325. The summed E-state index contributed by atoms with van der Waals surface area (Å²) >= 11 is 6.22. The molecule has 3 aromatic rings. The first-order valence-electron chi connectivity index (χ1n) is 12.7. The van der Waals surface area contributed by atoms with Crippen molar-refractivity contribution < 1.29 is 27.1 Å². The van der Waals surface area contributed by atoms with Gasteiger partial charge in [-0.05, 0) is 49.2 Å². The summed E-state index contributed by atoms with van der Waals surface area (Å²) in [4.78, 5) is 28.1. The Morgan fingerprint density at radius 1 is 1.00 bits per heavy atom. The minimum absolute atomic E-state index is 0.0370. The van der Waals surface area contributed by atoms with Gasteiger partial charge in [0.25, 0.3) is 10.0 Å². The lowest BCUT2D eigenvalue weighted by molar-refractivity contribution is -0.139. The Kier molecular flexibility index (Phi) is 10.5. The molecule has 8 nitrogen and oxygen atoms in total. The molecule has 3 rings (SSSR count). The normalized spacial score (nSPS) is 12.1. The van der Waals surface area contributed by atoms with Crippen molar-refractivity contribution in [1.82, 2.24) is 10.2 Å². The molecule has 0 bridgehead atoms. The number of ether oxygens (including phenoxy) is 1. The first-order chi connectivity index (χ1) is 18.9. The largest absolute Gasteiger partial charge is 0.495 e. The van der Waals surface area contributed by atoms with Crippen LogP contribution in [-0.4, -0.2) is 51.4 Å². The summed E-state index contributed by atoms with van der Waals surface area (Å²) in [5.41, 5.74) is 0.215. The van der Waals surface area contributed by atoms with Gasteiger partial charge in [-0.15, -0.1) is 0 Å². The number of nitrogens with one attached hydrogen (secondary N) is 1. The minimum atomic E-state index is -4.31. The average Bonchev–Trinajstić information content (AvgIpc) is 2.94.